The molecule has 0 aliphatic heterocycles. The first-order chi connectivity index (χ1) is 9.27. The highest BCUT2D eigenvalue weighted by Gasteiger charge is 2.24. The van der Waals surface area contributed by atoms with Crippen molar-refractivity contribution in [3.05, 3.63) is 0 Å². The van der Waals surface area contributed by atoms with Crippen LogP contribution >= 0.6 is 0 Å². The summed E-state index contributed by atoms with van der Waals surface area (Å²) in [5.74, 6) is -0.601. The lowest BCUT2D eigenvalue weighted by Gasteiger charge is -2.30. The number of aliphatic carboxylic acids is 1. The Morgan fingerprint density at radius 3 is 2.40 bits per heavy atom. The summed E-state index contributed by atoms with van der Waals surface area (Å²) >= 11 is 0. The number of carbonyl (C=O) groups excluding carboxylic acids is 1. The van der Waals surface area contributed by atoms with Crippen molar-refractivity contribution in [1.82, 2.24) is 5.32 Å². The van der Waals surface area contributed by atoms with Crippen LogP contribution in [-0.2, 0) is 14.3 Å². The van der Waals surface area contributed by atoms with Crippen LogP contribution in [0.15, 0.2) is 0 Å². The summed E-state index contributed by atoms with van der Waals surface area (Å²) in [6, 6.07) is 0. The minimum Gasteiger partial charge on any atom is -0.481 e. The summed E-state index contributed by atoms with van der Waals surface area (Å²) in [6.07, 6.45) is 2.50. The molecule has 0 aromatic heterocycles. The number of carboxylic acids is 1. The molecular formula is C15H29NO4. The van der Waals surface area contributed by atoms with Gasteiger partial charge in [-0.05, 0) is 30.6 Å². The molecule has 118 valence electrons. The maximum atomic E-state index is 11.5. The molecule has 1 unspecified atom stereocenters. The van der Waals surface area contributed by atoms with Gasteiger partial charge in [0.1, 0.15) is 6.61 Å². The molecule has 1 amide bonds. The summed E-state index contributed by atoms with van der Waals surface area (Å²) in [4.78, 5) is 22.2. The summed E-state index contributed by atoms with van der Waals surface area (Å²) < 4.78 is 5.16. The predicted octanol–water partition coefficient (Wildman–Crippen LogP) is 2.45. The first-order valence-electron chi connectivity index (χ1n) is 7.33. The lowest BCUT2D eigenvalue weighted by atomic mass is 9.76. The lowest BCUT2D eigenvalue weighted by molar-refractivity contribution is -0.137. The molecule has 0 saturated carbocycles. The SMILES string of the molecule is CCCOCC(=O)NCCC(CCC(=O)O)C(C)(C)C. The third-order valence-corrected chi connectivity index (χ3v) is 3.33. The van der Waals surface area contributed by atoms with Crippen molar-refractivity contribution >= 4 is 11.9 Å². The van der Waals surface area contributed by atoms with E-state index in [4.69, 9.17) is 9.84 Å². The number of carboxylic acid groups (broad SMARTS) is 1. The maximum absolute atomic E-state index is 11.5. The Morgan fingerprint density at radius 1 is 1.25 bits per heavy atom. The van der Waals surface area contributed by atoms with Crippen molar-refractivity contribution in [3.63, 3.8) is 0 Å². The van der Waals surface area contributed by atoms with E-state index in [1.54, 1.807) is 0 Å². The number of rotatable bonds is 10. The summed E-state index contributed by atoms with van der Waals surface area (Å²) in [7, 11) is 0. The van der Waals surface area contributed by atoms with E-state index in [1.807, 2.05) is 6.92 Å². The molecule has 0 fully saturated rings. The number of hydrogen-bond donors (Lipinski definition) is 2. The summed E-state index contributed by atoms with van der Waals surface area (Å²) in [5, 5.41) is 11.6. The zero-order valence-electron chi connectivity index (χ0n) is 13.2. The second kappa shape index (κ2) is 9.75. The molecule has 0 aliphatic carbocycles. The van der Waals surface area contributed by atoms with E-state index in [0.717, 1.165) is 12.8 Å². The normalized spacial score (nSPS) is 13.0. The number of hydrogen-bond acceptors (Lipinski definition) is 3. The molecule has 2 N–H and O–H groups in total. The van der Waals surface area contributed by atoms with E-state index in [2.05, 4.69) is 26.1 Å². The molecule has 0 rings (SSSR count). The fraction of sp³-hybridized carbons (Fsp3) is 0.867. The van der Waals surface area contributed by atoms with Gasteiger partial charge >= 0.3 is 5.97 Å². The Morgan fingerprint density at radius 2 is 1.90 bits per heavy atom. The average molecular weight is 287 g/mol. The minimum absolute atomic E-state index is 0.0406. The maximum Gasteiger partial charge on any atom is 0.303 e. The molecule has 0 radical (unpaired) electrons. The van der Waals surface area contributed by atoms with Crippen LogP contribution in [0.1, 0.15) is 53.4 Å². The molecule has 1 atom stereocenters. The molecule has 0 saturated heterocycles. The van der Waals surface area contributed by atoms with E-state index in [1.165, 1.54) is 0 Å². The fourth-order valence-corrected chi connectivity index (χ4v) is 2.05. The monoisotopic (exact) mass is 287 g/mol. The van der Waals surface area contributed by atoms with E-state index < -0.39 is 5.97 Å². The van der Waals surface area contributed by atoms with Gasteiger partial charge in [-0.15, -0.1) is 0 Å². The van der Waals surface area contributed by atoms with Crippen molar-refractivity contribution in [2.75, 3.05) is 19.8 Å². The van der Waals surface area contributed by atoms with Gasteiger partial charge in [-0.25, -0.2) is 0 Å². The van der Waals surface area contributed by atoms with Crippen LogP contribution in [0.25, 0.3) is 0 Å². The van der Waals surface area contributed by atoms with Gasteiger partial charge in [-0.3, -0.25) is 9.59 Å². The fourth-order valence-electron chi connectivity index (χ4n) is 2.05. The summed E-state index contributed by atoms with van der Waals surface area (Å²) in [6.45, 7) is 9.56. The standard InChI is InChI=1S/C15H29NO4/c1-5-10-20-11-13(17)16-9-8-12(15(2,3)4)6-7-14(18)19/h12H,5-11H2,1-4H3,(H,16,17)(H,18,19). The van der Waals surface area contributed by atoms with Gasteiger partial charge in [0.15, 0.2) is 0 Å². The van der Waals surface area contributed by atoms with Crippen LogP contribution in [0.4, 0.5) is 0 Å². The van der Waals surface area contributed by atoms with E-state index in [9.17, 15) is 9.59 Å². The van der Waals surface area contributed by atoms with E-state index in [-0.39, 0.29) is 30.3 Å². The van der Waals surface area contributed by atoms with Gasteiger partial charge in [-0.1, -0.05) is 27.7 Å². The smallest absolute Gasteiger partial charge is 0.303 e. The molecule has 0 aromatic carbocycles. The highest BCUT2D eigenvalue weighted by molar-refractivity contribution is 5.77. The van der Waals surface area contributed by atoms with E-state index in [0.29, 0.717) is 19.6 Å². The van der Waals surface area contributed by atoms with E-state index >= 15 is 0 Å². The quantitative estimate of drug-likeness (QED) is 0.605. The van der Waals surface area contributed by atoms with Crippen LogP contribution < -0.4 is 5.32 Å². The molecule has 0 bridgehead atoms. The Kier molecular flexibility index (Phi) is 9.21. The minimum atomic E-state index is -0.767. The molecule has 5 heteroatoms. The van der Waals surface area contributed by atoms with Crippen LogP contribution in [0.3, 0.4) is 0 Å². The first kappa shape index (κ1) is 18.9. The molecule has 5 nitrogen and oxygen atoms in total. The van der Waals surface area contributed by atoms with Crippen LogP contribution in [0, 0.1) is 11.3 Å². The molecule has 20 heavy (non-hydrogen) atoms. The number of carbonyl (C=O) groups is 2. The third-order valence-electron chi connectivity index (χ3n) is 3.33. The number of nitrogens with one attached hydrogen (secondary N) is 1. The number of ether oxygens (including phenoxy) is 1. The molecule has 0 aliphatic rings. The molecular weight excluding hydrogens is 258 g/mol. The zero-order chi connectivity index (χ0) is 15.6. The predicted molar refractivity (Wildman–Crippen MR) is 78.6 cm³/mol. The lowest BCUT2D eigenvalue weighted by Crippen LogP contribution is -2.32. The highest BCUT2D eigenvalue weighted by Crippen LogP contribution is 2.32. The van der Waals surface area contributed by atoms with Crippen LogP contribution in [-0.4, -0.2) is 36.7 Å². The Hall–Kier alpha value is -1.10. The largest absolute Gasteiger partial charge is 0.481 e. The second-order valence-corrected chi connectivity index (χ2v) is 6.19. The topological polar surface area (TPSA) is 75.6 Å². The zero-order valence-corrected chi connectivity index (χ0v) is 13.2. The number of amides is 1. The molecule has 0 aromatic rings. The molecule has 0 spiro atoms. The van der Waals surface area contributed by atoms with Gasteiger partial charge in [-0.2, -0.15) is 0 Å². The van der Waals surface area contributed by atoms with Crippen molar-refractivity contribution in [2.45, 2.75) is 53.4 Å². The van der Waals surface area contributed by atoms with Gasteiger partial charge in [0, 0.05) is 19.6 Å². The van der Waals surface area contributed by atoms with Crippen molar-refractivity contribution < 1.29 is 19.4 Å². The first-order valence-corrected chi connectivity index (χ1v) is 7.33. The average Bonchev–Trinajstić information content (AvgIpc) is 2.31. The molecule has 0 heterocycles. The van der Waals surface area contributed by atoms with Gasteiger partial charge in [0.25, 0.3) is 0 Å². The van der Waals surface area contributed by atoms with Gasteiger partial charge in [0.2, 0.25) is 5.91 Å². The third kappa shape index (κ3) is 9.78. The van der Waals surface area contributed by atoms with Gasteiger partial charge in [0.05, 0.1) is 0 Å². The second-order valence-electron chi connectivity index (χ2n) is 6.19. The Bertz CT molecular complexity index is 297. The Labute approximate surface area is 122 Å². The van der Waals surface area contributed by atoms with Crippen molar-refractivity contribution in [2.24, 2.45) is 11.3 Å². The van der Waals surface area contributed by atoms with Crippen LogP contribution in [0.2, 0.25) is 0 Å². The van der Waals surface area contributed by atoms with Crippen molar-refractivity contribution in [3.8, 4) is 0 Å². The van der Waals surface area contributed by atoms with Crippen molar-refractivity contribution in [1.29, 1.82) is 0 Å². The van der Waals surface area contributed by atoms with Gasteiger partial charge < -0.3 is 15.2 Å². The van der Waals surface area contributed by atoms with Crippen LogP contribution in [0.5, 0.6) is 0 Å². The Balaban J connectivity index is 4.01. The summed E-state index contributed by atoms with van der Waals surface area (Å²) in [5.41, 5.74) is 0.0406. The highest BCUT2D eigenvalue weighted by atomic mass is 16.5.